The summed E-state index contributed by atoms with van der Waals surface area (Å²) in [4.78, 5) is 26.3. The molecule has 1 aliphatic rings. The van der Waals surface area contributed by atoms with Crippen LogP contribution in [0.3, 0.4) is 0 Å². The number of fused-ring (bicyclic) bond motifs is 1. The van der Waals surface area contributed by atoms with Crippen LogP contribution >= 0.6 is 0 Å². The highest BCUT2D eigenvalue weighted by atomic mass is 19.4. The number of aromatic nitrogens is 4. The lowest BCUT2D eigenvalue weighted by molar-refractivity contribution is -0.138. The fraction of sp³-hybridized carbons (Fsp3) is 0.364. The van der Waals surface area contributed by atoms with Crippen molar-refractivity contribution in [1.82, 2.24) is 19.5 Å². The van der Waals surface area contributed by atoms with Crippen LogP contribution in [-0.2, 0) is 18.0 Å². The predicted molar refractivity (Wildman–Crippen MR) is 120 cm³/mol. The maximum atomic E-state index is 12.7. The Balaban J connectivity index is 1.53. The van der Waals surface area contributed by atoms with E-state index >= 15 is 0 Å². The average Bonchev–Trinajstić information content (AvgIpc) is 3.13. The first kappa shape index (κ1) is 22.6. The summed E-state index contributed by atoms with van der Waals surface area (Å²) < 4.78 is 40.2. The van der Waals surface area contributed by atoms with Crippen LogP contribution in [0.4, 0.5) is 30.8 Å². The van der Waals surface area contributed by atoms with E-state index in [0.29, 0.717) is 12.2 Å². The summed E-state index contributed by atoms with van der Waals surface area (Å²) >= 11 is 0. The highest BCUT2D eigenvalue weighted by molar-refractivity contribution is 6.01. The molecule has 0 radical (unpaired) electrons. The standard InChI is InChI=1S/C22H24F3N7O/c1-4-18(33)29-16-7-8-17-19(13(16)2)30-21(31(17)3)32-9-5-6-15(12-32)28-20-26-10-14(11-27-20)22(23,24)25/h4,7-8,10-11,15H,1,5-6,9,12H2,2-3H3,(H,29,33)(H,26,27,28)/t15-/m1/s1. The van der Waals surface area contributed by atoms with Gasteiger partial charge in [-0.2, -0.15) is 13.2 Å². The van der Waals surface area contributed by atoms with Crippen LogP contribution in [-0.4, -0.2) is 44.6 Å². The largest absolute Gasteiger partial charge is 0.419 e. The molecule has 0 spiro atoms. The van der Waals surface area contributed by atoms with Gasteiger partial charge in [-0.15, -0.1) is 0 Å². The molecule has 1 amide bonds. The normalized spacial score (nSPS) is 16.6. The molecule has 3 heterocycles. The molecule has 0 aliphatic carbocycles. The molecule has 0 saturated carbocycles. The van der Waals surface area contributed by atoms with Gasteiger partial charge in [-0.25, -0.2) is 15.0 Å². The molecule has 33 heavy (non-hydrogen) atoms. The highest BCUT2D eigenvalue weighted by Gasteiger charge is 2.31. The lowest BCUT2D eigenvalue weighted by Gasteiger charge is -2.33. The minimum atomic E-state index is -4.47. The molecule has 11 heteroatoms. The summed E-state index contributed by atoms with van der Waals surface area (Å²) in [5.74, 6) is 0.655. The maximum absolute atomic E-state index is 12.7. The summed E-state index contributed by atoms with van der Waals surface area (Å²) in [6.07, 6.45) is 0.0319. The smallest absolute Gasteiger partial charge is 0.350 e. The van der Waals surface area contributed by atoms with Gasteiger partial charge in [0.1, 0.15) is 0 Å². The lowest BCUT2D eigenvalue weighted by atomic mass is 10.1. The van der Waals surface area contributed by atoms with Crippen molar-refractivity contribution in [3.8, 4) is 0 Å². The zero-order valence-electron chi connectivity index (χ0n) is 18.3. The number of amides is 1. The monoisotopic (exact) mass is 459 g/mol. The number of halogens is 3. The summed E-state index contributed by atoms with van der Waals surface area (Å²) in [5.41, 5.74) is 2.37. The molecule has 3 aromatic rings. The molecule has 1 fully saturated rings. The van der Waals surface area contributed by atoms with Gasteiger partial charge in [0.2, 0.25) is 17.8 Å². The Kier molecular flexibility index (Phi) is 5.96. The Morgan fingerprint density at radius 2 is 2.00 bits per heavy atom. The van der Waals surface area contributed by atoms with Gasteiger partial charge in [0.15, 0.2) is 0 Å². The maximum Gasteiger partial charge on any atom is 0.419 e. The van der Waals surface area contributed by atoms with Crippen molar-refractivity contribution in [3.05, 3.63) is 48.3 Å². The zero-order chi connectivity index (χ0) is 23.8. The molecule has 8 nitrogen and oxygen atoms in total. The number of anilines is 3. The predicted octanol–water partition coefficient (Wildman–Crippen LogP) is 3.90. The van der Waals surface area contributed by atoms with Crippen molar-refractivity contribution in [2.75, 3.05) is 28.6 Å². The number of rotatable bonds is 5. The van der Waals surface area contributed by atoms with Crippen molar-refractivity contribution in [3.63, 3.8) is 0 Å². The molecule has 1 aromatic carbocycles. The van der Waals surface area contributed by atoms with Crippen LogP contribution < -0.4 is 15.5 Å². The molecule has 2 N–H and O–H groups in total. The molecule has 1 aliphatic heterocycles. The number of nitrogens with one attached hydrogen (secondary N) is 2. The van der Waals surface area contributed by atoms with Gasteiger partial charge in [-0.05, 0) is 38.0 Å². The SMILES string of the molecule is C=CC(=O)Nc1ccc2c(nc(N3CCC[C@@H](Nc4ncc(C(F)(F)F)cn4)C3)n2C)c1C. The number of imidazole rings is 1. The van der Waals surface area contributed by atoms with Gasteiger partial charge >= 0.3 is 6.18 Å². The zero-order valence-corrected chi connectivity index (χ0v) is 18.3. The topological polar surface area (TPSA) is 88.0 Å². The number of alkyl halides is 3. The van der Waals surface area contributed by atoms with Crippen LogP contribution in [0.2, 0.25) is 0 Å². The molecule has 1 atom stereocenters. The number of hydrogen-bond acceptors (Lipinski definition) is 6. The second kappa shape index (κ2) is 8.72. The second-order valence-electron chi connectivity index (χ2n) is 7.99. The van der Waals surface area contributed by atoms with E-state index in [0.717, 1.165) is 54.3 Å². The van der Waals surface area contributed by atoms with Gasteiger partial charge in [0.25, 0.3) is 0 Å². The summed E-state index contributed by atoms with van der Waals surface area (Å²) in [5, 5.41) is 5.93. The number of aryl methyl sites for hydroxylation is 2. The van der Waals surface area contributed by atoms with E-state index in [2.05, 4.69) is 32.1 Å². The Bertz CT molecular complexity index is 1190. The number of carbonyl (C=O) groups excluding carboxylic acids is 1. The first-order valence-electron chi connectivity index (χ1n) is 10.5. The highest BCUT2D eigenvalue weighted by Crippen LogP contribution is 2.31. The van der Waals surface area contributed by atoms with E-state index in [4.69, 9.17) is 4.98 Å². The van der Waals surface area contributed by atoms with Crippen LogP contribution in [0.5, 0.6) is 0 Å². The third kappa shape index (κ3) is 4.62. The van der Waals surface area contributed by atoms with Gasteiger partial charge < -0.3 is 20.1 Å². The number of hydrogen-bond donors (Lipinski definition) is 2. The molecule has 0 bridgehead atoms. The number of nitrogens with zero attached hydrogens (tertiary/aromatic N) is 5. The first-order valence-corrected chi connectivity index (χ1v) is 10.5. The van der Waals surface area contributed by atoms with E-state index in [1.807, 2.05) is 30.7 Å². The van der Waals surface area contributed by atoms with E-state index in [-0.39, 0.29) is 17.9 Å². The van der Waals surface area contributed by atoms with Crippen molar-refractivity contribution in [2.24, 2.45) is 7.05 Å². The number of piperidine rings is 1. The van der Waals surface area contributed by atoms with E-state index in [9.17, 15) is 18.0 Å². The lowest BCUT2D eigenvalue weighted by Crippen LogP contribution is -2.43. The van der Waals surface area contributed by atoms with Gasteiger partial charge in [-0.1, -0.05) is 6.58 Å². The third-order valence-electron chi connectivity index (χ3n) is 5.74. The molecule has 174 valence electrons. The number of carbonyl (C=O) groups is 1. The van der Waals surface area contributed by atoms with Crippen LogP contribution in [0.1, 0.15) is 24.0 Å². The van der Waals surface area contributed by atoms with Crippen molar-refractivity contribution < 1.29 is 18.0 Å². The van der Waals surface area contributed by atoms with E-state index in [1.165, 1.54) is 6.08 Å². The van der Waals surface area contributed by atoms with Crippen molar-refractivity contribution in [1.29, 1.82) is 0 Å². The van der Waals surface area contributed by atoms with E-state index < -0.39 is 11.7 Å². The minimum Gasteiger partial charge on any atom is -0.350 e. The van der Waals surface area contributed by atoms with Crippen LogP contribution in [0.25, 0.3) is 11.0 Å². The minimum absolute atomic E-state index is 0.0427. The summed E-state index contributed by atoms with van der Waals surface area (Å²) in [7, 11) is 1.93. The molecule has 4 rings (SSSR count). The quantitative estimate of drug-likeness (QED) is 0.563. The fourth-order valence-corrected chi connectivity index (χ4v) is 3.99. The Morgan fingerprint density at radius 1 is 1.27 bits per heavy atom. The number of benzene rings is 1. The second-order valence-corrected chi connectivity index (χ2v) is 7.99. The van der Waals surface area contributed by atoms with Gasteiger partial charge in [0, 0.05) is 49.8 Å². The van der Waals surface area contributed by atoms with Crippen molar-refractivity contribution >= 4 is 34.5 Å². The third-order valence-corrected chi connectivity index (χ3v) is 5.74. The summed E-state index contributed by atoms with van der Waals surface area (Å²) in [6, 6.07) is 3.71. The summed E-state index contributed by atoms with van der Waals surface area (Å²) in [6.45, 7) is 6.77. The van der Waals surface area contributed by atoms with E-state index in [1.54, 1.807) is 0 Å². The Morgan fingerprint density at radius 3 is 2.67 bits per heavy atom. The molecule has 2 aromatic heterocycles. The van der Waals surface area contributed by atoms with Crippen LogP contribution in [0, 0.1) is 6.92 Å². The molecule has 0 unspecified atom stereocenters. The fourth-order valence-electron chi connectivity index (χ4n) is 3.99. The van der Waals surface area contributed by atoms with Gasteiger partial charge in [0.05, 0.1) is 16.6 Å². The molecular weight excluding hydrogens is 435 g/mol. The Labute approximate surface area is 188 Å². The molecule has 1 saturated heterocycles. The first-order chi connectivity index (χ1) is 15.7. The molecular formula is C22H24F3N7O. The average molecular weight is 459 g/mol. The van der Waals surface area contributed by atoms with Gasteiger partial charge in [-0.3, -0.25) is 4.79 Å². The van der Waals surface area contributed by atoms with Crippen LogP contribution in [0.15, 0.2) is 37.2 Å². The Hall–Kier alpha value is -3.63. The van der Waals surface area contributed by atoms with Crippen molar-refractivity contribution in [2.45, 2.75) is 32.0 Å².